The van der Waals surface area contributed by atoms with E-state index in [2.05, 4.69) is 4.72 Å². The summed E-state index contributed by atoms with van der Waals surface area (Å²) in [4.78, 5) is 0.977. The van der Waals surface area contributed by atoms with E-state index in [1.54, 1.807) is 18.2 Å². The van der Waals surface area contributed by atoms with Gasteiger partial charge in [-0.15, -0.1) is 11.8 Å². The highest BCUT2D eigenvalue weighted by molar-refractivity contribution is 8.14. The molecule has 0 aliphatic carbocycles. The molecule has 0 aliphatic heterocycles. The third-order valence-corrected chi connectivity index (χ3v) is 2.75. The monoisotopic (exact) mass is 237 g/mol. The molecule has 0 saturated carbocycles. The first-order chi connectivity index (χ1) is 6.01. The number of rotatable bonds is 3. The van der Waals surface area contributed by atoms with Crippen LogP contribution in [0.15, 0.2) is 29.2 Å². The van der Waals surface area contributed by atoms with Crippen molar-refractivity contribution < 1.29 is 8.42 Å². The smallest absolute Gasteiger partial charge is 0.271 e. The standard InChI is InChI=1S/C7H8ClNO2S2/c1-12-7-4-2-3-6(5-7)9-13(8,10)11/h2-5,9H,1H3. The molecule has 3 nitrogen and oxygen atoms in total. The first-order valence-electron chi connectivity index (χ1n) is 3.38. The van der Waals surface area contributed by atoms with E-state index in [4.69, 9.17) is 10.7 Å². The van der Waals surface area contributed by atoms with E-state index in [-0.39, 0.29) is 0 Å². The Morgan fingerprint density at radius 2 is 2.15 bits per heavy atom. The summed E-state index contributed by atoms with van der Waals surface area (Å²) in [6.45, 7) is 0. The second-order valence-corrected chi connectivity index (χ2v) is 5.45. The normalized spacial score (nSPS) is 11.2. The molecule has 72 valence electrons. The molecule has 0 bridgehead atoms. The molecule has 0 aliphatic rings. The zero-order valence-electron chi connectivity index (χ0n) is 6.82. The minimum atomic E-state index is -3.69. The van der Waals surface area contributed by atoms with E-state index in [0.717, 1.165) is 4.90 Å². The minimum Gasteiger partial charge on any atom is -0.271 e. The SMILES string of the molecule is CSc1cccc(NS(=O)(=O)Cl)c1. The lowest BCUT2D eigenvalue weighted by atomic mass is 10.3. The average Bonchev–Trinajstić information content (AvgIpc) is 2.01. The van der Waals surface area contributed by atoms with Gasteiger partial charge < -0.3 is 0 Å². The molecule has 1 aromatic carbocycles. The van der Waals surface area contributed by atoms with E-state index in [1.807, 2.05) is 12.3 Å². The largest absolute Gasteiger partial charge is 0.319 e. The molecule has 0 saturated heterocycles. The van der Waals surface area contributed by atoms with Crippen LogP contribution in [0.2, 0.25) is 0 Å². The predicted molar refractivity (Wildman–Crippen MR) is 56.6 cm³/mol. The maximum Gasteiger partial charge on any atom is 0.319 e. The maximum absolute atomic E-state index is 10.6. The van der Waals surface area contributed by atoms with E-state index in [0.29, 0.717) is 5.69 Å². The summed E-state index contributed by atoms with van der Waals surface area (Å²) < 4.78 is 23.5. The van der Waals surface area contributed by atoms with Gasteiger partial charge in [0.05, 0.1) is 5.69 Å². The van der Waals surface area contributed by atoms with E-state index in [1.165, 1.54) is 11.8 Å². The predicted octanol–water partition coefficient (Wildman–Crippen LogP) is 2.30. The molecule has 1 N–H and O–H groups in total. The first-order valence-corrected chi connectivity index (χ1v) is 6.91. The fourth-order valence-corrected chi connectivity index (χ4v) is 1.96. The summed E-state index contributed by atoms with van der Waals surface area (Å²) >= 11 is 1.53. The Bertz CT molecular complexity index is 391. The number of hydrogen-bond acceptors (Lipinski definition) is 3. The van der Waals surface area contributed by atoms with Gasteiger partial charge in [0.1, 0.15) is 0 Å². The minimum absolute atomic E-state index is 0.474. The Labute approximate surface area is 86.0 Å². The van der Waals surface area contributed by atoms with Crippen LogP contribution in [0.4, 0.5) is 5.69 Å². The molecule has 0 fully saturated rings. The highest BCUT2D eigenvalue weighted by Crippen LogP contribution is 2.20. The van der Waals surface area contributed by atoms with Crippen molar-refractivity contribution in [3.63, 3.8) is 0 Å². The van der Waals surface area contributed by atoms with E-state index in [9.17, 15) is 8.42 Å². The van der Waals surface area contributed by atoms with Gasteiger partial charge in [-0.3, -0.25) is 4.72 Å². The van der Waals surface area contributed by atoms with Crippen LogP contribution in [0.25, 0.3) is 0 Å². The van der Waals surface area contributed by atoms with Crippen molar-refractivity contribution in [1.82, 2.24) is 0 Å². The Morgan fingerprint density at radius 1 is 1.46 bits per heavy atom. The quantitative estimate of drug-likeness (QED) is 0.648. The van der Waals surface area contributed by atoms with Gasteiger partial charge in [0, 0.05) is 15.6 Å². The van der Waals surface area contributed by atoms with Crippen molar-refractivity contribution in [3.8, 4) is 0 Å². The third kappa shape index (κ3) is 3.89. The zero-order chi connectivity index (χ0) is 9.90. The lowest BCUT2D eigenvalue weighted by Gasteiger charge is -2.02. The van der Waals surface area contributed by atoms with Gasteiger partial charge in [-0.1, -0.05) is 6.07 Å². The molecule has 0 radical (unpaired) electrons. The van der Waals surface area contributed by atoms with Crippen molar-refractivity contribution in [1.29, 1.82) is 0 Å². The highest BCUT2D eigenvalue weighted by atomic mass is 35.7. The molecule has 6 heteroatoms. The molecule has 1 rings (SSSR count). The Kier molecular flexibility index (Phi) is 3.47. The summed E-state index contributed by atoms with van der Waals surface area (Å²) in [5, 5.41) is 0. The number of anilines is 1. The Balaban J connectivity index is 2.90. The van der Waals surface area contributed by atoms with Crippen LogP contribution < -0.4 is 4.72 Å². The summed E-state index contributed by atoms with van der Waals surface area (Å²) in [5.74, 6) is 0. The molecule has 0 heterocycles. The van der Waals surface area contributed by atoms with Gasteiger partial charge in [-0.25, -0.2) is 0 Å². The zero-order valence-corrected chi connectivity index (χ0v) is 9.21. The molecule has 13 heavy (non-hydrogen) atoms. The van der Waals surface area contributed by atoms with Crippen molar-refractivity contribution in [2.75, 3.05) is 11.0 Å². The van der Waals surface area contributed by atoms with Crippen molar-refractivity contribution in [3.05, 3.63) is 24.3 Å². The van der Waals surface area contributed by atoms with Gasteiger partial charge >= 0.3 is 9.24 Å². The molecular weight excluding hydrogens is 230 g/mol. The molecular formula is C7H8ClNO2S2. The average molecular weight is 238 g/mol. The van der Waals surface area contributed by atoms with Crippen molar-refractivity contribution >= 4 is 37.4 Å². The molecule has 0 unspecified atom stereocenters. The summed E-state index contributed by atoms with van der Waals surface area (Å²) in [7, 11) is 1.33. The molecule has 1 aromatic rings. The van der Waals surface area contributed by atoms with Gasteiger partial charge in [0.25, 0.3) is 0 Å². The maximum atomic E-state index is 10.6. The molecule has 0 amide bonds. The van der Waals surface area contributed by atoms with Crippen LogP contribution in [0.3, 0.4) is 0 Å². The van der Waals surface area contributed by atoms with Crippen molar-refractivity contribution in [2.24, 2.45) is 0 Å². The summed E-state index contributed by atoms with van der Waals surface area (Å²) in [6.07, 6.45) is 1.91. The second kappa shape index (κ2) is 4.21. The topological polar surface area (TPSA) is 46.2 Å². The Morgan fingerprint density at radius 3 is 2.69 bits per heavy atom. The van der Waals surface area contributed by atoms with Crippen LogP contribution in [-0.4, -0.2) is 14.7 Å². The number of halogens is 1. The first kappa shape index (κ1) is 10.7. The fourth-order valence-electron chi connectivity index (χ4n) is 0.827. The van der Waals surface area contributed by atoms with Crippen LogP contribution in [-0.2, 0) is 9.24 Å². The van der Waals surface area contributed by atoms with Crippen molar-refractivity contribution in [2.45, 2.75) is 4.90 Å². The summed E-state index contributed by atoms with van der Waals surface area (Å²) in [5.41, 5.74) is 0.474. The molecule has 0 atom stereocenters. The number of nitrogens with one attached hydrogen (secondary N) is 1. The van der Waals surface area contributed by atoms with Gasteiger partial charge in [-0.05, 0) is 24.5 Å². The fraction of sp³-hybridized carbons (Fsp3) is 0.143. The third-order valence-electron chi connectivity index (χ3n) is 1.31. The van der Waals surface area contributed by atoms with Crippen LogP contribution in [0, 0.1) is 0 Å². The van der Waals surface area contributed by atoms with Crippen LogP contribution >= 0.6 is 22.4 Å². The molecule has 0 spiro atoms. The lowest BCUT2D eigenvalue weighted by Crippen LogP contribution is -2.03. The second-order valence-electron chi connectivity index (χ2n) is 2.27. The number of benzene rings is 1. The Hall–Kier alpha value is -0.390. The number of hydrogen-bond donors (Lipinski definition) is 1. The van der Waals surface area contributed by atoms with Gasteiger partial charge in [-0.2, -0.15) is 8.42 Å². The lowest BCUT2D eigenvalue weighted by molar-refractivity contribution is 0.614. The van der Waals surface area contributed by atoms with Crippen LogP contribution in [0.5, 0.6) is 0 Å². The van der Waals surface area contributed by atoms with E-state index < -0.39 is 9.24 Å². The highest BCUT2D eigenvalue weighted by Gasteiger charge is 2.03. The van der Waals surface area contributed by atoms with Gasteiger partial charge in [0.2, 0.25) is 0 Å². The van der Waals surface area contributed by atoms with E-state index >= 15 is 0 Å². The number of thioether (sulfide) groups is 1. The molecule has 0 aromatic heterocycles. The summed E-state index contributed by atoms with van der Waals surface area (Å²) in [6, 6.07) is 7.00. The van der Waals surface area contributed by atoms with Gasteiger partial charge in [0.15, 0.2) is 0 Å². The van der Waals surface area contributed by atoms with Crippen LogP contribution in [0.1, 0.15) is 0 Å².